The van der Waals surface area contributed by atoms with Crippen LogP contribution in [0, 0.1) is 0 Å². The third-order valence-corrected chi connectivity index (χ3v) is 2.43. The smallest absolute Gasteiger partial charge is 0.152 e. The minimum atomic E-state index is 0.281. The maximum atomic E-state index is 11.4. The van der Waals surface area contributed by atoms with Crippen molar-refractivity contribution >= 4 is 21.7 Å². The molecule has 0 bridgehead atoms. The number of Topliss-reactive ketones (excluding diaryl/α,β-unsaturated/α-hetero) is 1. The van der Waals surface area contributed by atoms with Crippen molar-refractivity contribution in [1.29, 1.82) is 0 Å². The summed E-state index contributed by atoms with van der Waals surface area (Å²) in [4.78, 5) is 15.4. The monoisotopic (exact) mass is 258 g/mol. The van der Waals surface area contributed by atoms with Gasteiger partial charge in [0.05, 0.1) is 12.9 Å². The summed E-state index contributed by atoms with van der Waals surface area (Å²) in [5.74, 6) is 0.281. The maximum absolute atomic E-state index is 11.4. The fraction of sp³-hybridized carbons (Fsp3) is 0.600. The van der Waals surface area contributed by atoms with Crippen molar-refractivity contribution in [3.63, 3.8) is 0 Å². The van der Waals surface area contributed by atoms with Gasteiger partial charge in [-0.1, -0.05) is 19.8 Å². The number of nitrogens with zero attached hydrogens (tertiary/aromatic N) is 2. The summed E-state index contributed by atoms with van der Waals surface area (Å²) in [5, 5.41) is 0. The lowest BCUT2D eigenvalue weighted by Gasteiger charge is -2.00. The number of ketones is 1. The third kappa shape index (κ3) is 4.05. The van der Waals surface area contributed by atoms with Crippen molar-refractivity contribution in [3.05, 3.63) is 17.1 Å². The summed E-state index contributed by atoms with van der Waals surface area (Å²) in [6.07, 6.45) is 7.47. The van der Waals surface area contributed by atoms with Crippen LogP contribution in [0.2, 0.25) is 0 Å². The molecule has 1 aromatic rings. The summed E-state index contributed by atoms with van der Waals surface area (Å²) in [7, 11) is 0. The van der Waals surface area contributed by atoms with Gasteiger partial charge in [0.1, 0.15) is 4.60 Å². The fourth-order valence-corrected chi connectivity index (χ4v) is 1.63. The standard InChI is InChI=1S/C10H15BrN2O/c1-2-3-4-5-9(14)6-13-7-10(11)12-8-13/h7-8H,2-6H2,1H3. The Balaban J connectivity index is 2.27. The highest BCUT2D eigenvalue weighted by Crippen LogP contribution is 2.06. The summed E-state index contributed by atoms with van der Waals surface area (Å²) >= 11 is 3.24. The van der Waals surface area contributed by atoms with Gasteiger partial charge in [-0.25, -0.2) is 4.98 Å². The lowest BCUT2D eigenvalue weighted by atomic mass is 10.1. The summed E-state index contributed by atoms with van der Waals surface area (Å²) in [6, 6.07) is 0. The van der Waals surface area contributed by atoms with Gasteiger partial charge in [-0.15, -0.1) is 0 Å². The van der Waals surface area contributed by atoms with E-state index in [1.54, 1.807) is 10.9 Å². The van der Waals surface area contributed by atoms with Crippen molar-refractivity contribution in [2.75, 3.05) is 0 Å². The first kappa shape index (κ1) is 11.4. The van der Waals surface area contributed by atoms with Gasteiger partial charge in [0.2, 0.25) is 0 Å². The molecule has 3 nitrogen and oxygen atoms in total. The van der Waals surface area contributed by atoms with Gasteiger partial charge in [-0.3, -0.25) is 4.79 Å². The van der Waals surface area contributed by atoms with E-state index >= 15 is 0 Å². The predicted octanol–water partition coefficient (Wildman–Crippen LogP) is 2.80. The molecule has 0 saturated heterocycles. The molecule has 0 aliphatic rings. The number of aromatic nitrogens is 2. The average Bonchev–Trinajstić information content (AvgIpc) is 2.52. The van der Waals surface area contributed by atoms with E-state index in [0.717, 1.165) is 23.9 Å². The predicted molar refractivity (Wildman–Crippen MR) is 59.1 cm³/mol. The van der Waals surface area contributed by atoms with Crippen LogP contribution in [-0.2, 0) is 11.3 Å². The topological polar surface area (TPSA) is 34.9 Å². The molecule has 0 spiro atoms. The number of hydrogen-bond donors (Lipinski definition) is 0. The first-order valence-electron chi connectivity index (χ1n) is 4.91. The first-order valence-corrected chi connectivity index (χ1v) is 5.70. The largest absolute Gasteiger partial charge is 0.329 e. The molecule has 0 saturated carbocycles. The van der Waals surface area contributed by atoms with Crippen LogP contribution in [0.4, 0.5) is 0 Å². The molecule has 0 fully saturated rings. The van der Waals surface area contributed by atoms with E-state index in [1.807, 2.05) is 6.20 Å². The molecule has 0 N–H and O–H groups in total. The Morgan fingerprint density at radius 3 is 2.93 bits per heavy atom. The van der Waals surface area contributed by atoms with Gasteiger partial charge in [0.25, 0.3) is 0 Å². The Morgan fingerprint density at radius 1 is 1.57 bits per heavy atom. The number of unbranched alkanes of at least 4 members (excludes halogenated alkanes) is 2. The van der Waals surface area contributed by atoms with Gasteiger partial charge in [0.15, 0.2) is 5.78 Å². The molecule has 1 rings (SSSR count). The van der Waals surface area contributed by atoms with Crippen molar-refractivity contribution < 1.29 is 4.79 Å². The van der Waals surface area contributed by atoms with E-state index in [-0.39, 0.29) is 5.78 Å². The van der Waals surface area contributed by atoms with Crippen LogP contribution in [0.15, 0.2) is 17.1 Å². The van der Waals surface area contributed by atoms with Gasteiger partial charge in [-0.2, -0.15) is 0 Å². The molecular weight excluding hydrogens is 244 g/mol. The summed E-state index contributed by atoms with van der Waals surface area (Å²) < 4.78 is 2.58. The van der Waals surface area contributed by atoms with E-state index < -0.39 is 0 Å². The number of rotatable bonds is 6. The SMILES string of the molecule is CCCCCC(=O)Cn1cnc(Br)c1. The minimum absolute atomic E-state index is 0.281. The normalized spacial score (nSPS) is 10.4. The Bertz CT molecular complexity index is 296. The zero-order valence-corrected chi connectivity index (χ0v) is 9.96. The lowest BCUT2D eigenvalue weighted by molar-refractivity contribution is -0.119. The van der Waals surface area contributed by atoms with E-state index in [9.17, 15) is 4.79 Å². The van der Waals surface area contributed by atoms with Gasteiger partial charge >= 0.3 is 0 Å². The van der Waals surface area contributed by atoms with Crippen LogP contribution >= 0.6 is 15.9 Å². The van der Waals surface area contributed by atoms with Crippen LogP contribution in [0.1, 0.15) is 32.6 Å². The Hall–Kier alpha value is -0.640. The highest BCUT2D eigenvalue weighted by molar-refractivity contribution is 9.10. The average molecular weight is 259 g/mol. The third-order valence-electron chi connectivity index (χ3n) is 2.02. The zero-order valence-electron chi connectivity index (χ0n) is 8.37. The number of carbonyl (C=O) groups excluding carboxylic acids is 1. The molecule has 0 aliphatic carbocycles. The Morgan fingerprint density at radius 2 is 2.36 bits per heavy atom. The molecule has 14 heavy (non-hydrogen) atoms. The summed E-state index contributed by atoms with van der Waals surface area (Å²) in [6.45, 7) is 2.58. The molecule has 0 unspecified atom stereocenters. The molecule has 1 heterocycles. The number of hydrogen-bond acceptors (Lipinski definition) is 2. The molecule has 1 aromatic heterocycles. The van der Waals surface area contributed by atoms with Gasteiger partial charge in [-0.05, 0) is 22.4 Å². The fourth-order valence-electron chi connectivity index (χ4n) is 1.27. The molecule has 0 atom stereocenters. The van der Waals surface area contributed by atoms with Crippen LogP contribution in [-0.4, -0.2) is 15.3 Å². The molecule has 0 aliphatic heterocycles. The van der Waals surface area contributed by atoms with Gasteiger partial charge < -0.3 is 4.57 Å². The highest BCUT2D eigenvalue weighted by Gasteiger charge is 2.03. The van der Waals surface area contributed by atoms with Crippen molar-refractivity contribution in [3.8, 4) is 0 Å². The van der Waals surface area contributed by atoms with Crippen molar-refractivity contribution in [2.45, 2.75) is 39.2 Å². The molecule has 78 valence electrons. The second-order valence-electron chi connectivity index (χ2n) is 3.36. The van der Waals surface area contributed by atoms with E-state index in [2.05, 4.69) is 27.8 Å². The summed E-state index contributed by atoms with van der Waals surface area (Å²) in [5.41, 5.74) is 0. The van der Waals surface area contributed by atoms with Crippen LogP contribution < -0.4 is 0 Å². The number of imidazole rings is 1. The Kier molecular flexibility index (Phi) is 4.87. The lowest BCUT2D eigenvalue weighted by Crippen LogP contribution is -2.07. The first-order chi connectivity index (χ1) is 6.72. The molecule has 0 aromatic carbocycles. The minimum Gasteiger partial charge on any atom is -0.329 e. The van der Waals surface area contributed by atoms with Crippen LogP contribution in [0.5, 0.6) is 0 Å². The second-order valence-corrected chi connectivity index (χ2v) is 4.18. The van der Waals surface area contributed by atoms with Crippen LogP contribution in [0.25, 0.3) is 0 Å². The van der Waals surface area contributed by atoms with E-state index in [0.29, 0.717) is 13.0 Å². The number of carbonyl (C=O) groups is 1. The van der Waals surface area contributed by atoms with Crippen molar-refractivity contribution in [2.24, 2.45) is 0 Å². The molecule has 0 radical (unpaired) electrons. The molecule has 0 amide bonds. The van der Waals surface area contributed by atoms with Gasteiger partial charge in [0, 0.05) is 12.6 Å². The Labute approximate surface area is 92.7 Å². The second kappa shape index (κ2) is 5.96. The molecular formula is C10H15BrN2O. The van der Waals surface area contributed by atoms with E-state index in [4.69, 9.17) is 0 Å². The van der Waals surface area contributed by atoms with Crippen LogP contribution in [0.3, 0.4) is 0 Å². The molecule has 4 heteroatoms. The zero-order chi connectivity index (χ0) is 10.4. The quantitative estimate of drug-likeness (QED) is 0.736. The van der Waals surface area contributed by atoms with E-state index in [1.165, 1.54) is 0 Å². The maximum Gasteiger partial charge on any atom is 0.152 e. The number of halogens is 1. The van der Waals surface area contributed by atoms with Crippen molar-refractivity contribution in [1.82, 2.24) is 9.55 Å². The highest BCUT2D eigenvalue weighted by atomic mass is 79.9.